The van der Waals surface area contributed by atoms with Crippen molar-refractivity contribution < 1.29 is 35.5 Å². The molecular formula is C16H12F7N7O. The molecule has 3 aromatic rings. The van der Waals surface area contributed by atoms with E-state index in [-0.39, 0.29) is 11.4 Å². The molecule has 166 valence electrons. The molecule has 0 aliphatic rings. The topological polar surface area (TPSA) is 108 Å². The summed E-state index contributed by atoms with van der Waals surface area (Å²) in [5.74, 6) is -3.79. The molecule has 3 aromatic heterocycles. The first-order valence-corrected chi connectivity index (χ1v) is 8.41. The van der Waals surface area contributed by atoms with Gasteiger partial charge in [0.2, 0.25) is 5.91 Å². The zero-order chi connectivity index (χ0) is 22.8. The van der Waals surface area contributed by atoms with Crippen LogP contribution in [-0.2, 0) is 4.79 Å². The Balaban J connectivity index is 1.90. The van der Waals surface area contributed by atoms with Crippen LogP contribution in [0.3, 0.4) is 0 Å². The summed E-state index contributed by atoms with van der Waals surface area (Å²) in [7, 11) is 0. The second kappa shape index (κ2) is 8.31. The van der Waals surface area contributed by atoms with E-state index in [1.165, 1.54) is 24.0 Å². The molecule has 0 fully saturated rings. The van der Waals surface area contributed by atoms with E-state index in [1.807, 2.05) is 5.32 Å². The van der Waals surface area contributed by atoms with E-state index in [1.54, 1.807) is 0 Å². The third-order valence-corrected chi connectivity index (χ3v) is 3.87. The maximum atomic E-state index is 14.1. The Morgan fingerprint density at radius 3 is 2.52 bits per heavy atom. The van der Waals surface area contributed by atoms with E-state index in [4.69, 9.17) is 0 Å². The van der Waals surface area contributed by atoms with Gasteiger partial charge in [-0.1, -0.05) is 0 Å². The van der Waals surface area contributed by atoms with Gasteiger partial charge in [-0.2, -0.15) is 26.3 Å². The van der Waals surface area contributed by atoms with Gasteiger partial charge in [-0.25, -0.2) is 24.3 Å². The van der Waals surface area contributed by atoms with Gasteiger partial charge in [0.05, 0.1) is 12.6 Å². The Morgan fingerprint density at radius 1 is 1.10 bits per heavy atom. The Bertz CT molecular complexity index is 1080. The molecule has 0 aromatic carbocycles. The molecule has 15 heteroatoms. The van der Waals surface area contributed by atoms with Crippen LogP contribution in [0, 0.1) is 5.82 Å². The molecule has 1 unspecified atom stereocenters. The van der Waals surface area contributed by atoms with Crippen LogP contribution in [0.2, 0.25) is 0 Å². The van der Waals surface area contributed by atoms with Gasteiger partial charge in [-0.15, -0.1) is 0 Å². The smallest absolute Gasteiger partial charge is 0.356 e. The number of fused-ring (bicyclic) bond motifs is 1. The van der Waals surface area contributed by atoms with E-state index < -0.39 is 48.9 Å². The Morgan fingerprint density at radius 2 is 1.84 bits per heavy atom. The number of amides is 1. The molecule has 8 nitrogen and oxygen atoms in total. The van der Waals surface area contributed by atoms with Gasteiger partial charge >= 0.3 is 12.4 Å². The second-order valence-electron chi connectivity index (χ2n) is 6.23. The van der Waals surface area contributed by atoms with Crippen molar-refractivity contribution in [3.05, 3.63) is 30.7 Å². The van der Waals surface area contributed by atoms with Crippen LogP contribution in [0.5, 0.6) is 0 Å². The number of nitrogens with zero attached hydrogens (tertiary/aromatic N) is 4. The molecule has 1 atom stereocenters. The van der Waals surface area contributed by atoms with Gasteiger partial charge in [0, 0.05) is 23.3 Å². The number of carbonyl (C=O) groups excluding carboxylic acids is 1. The number of nitrogens with one attached hydrogen (secondary N) is 3. The van der Waals surface area contributed by atoms with Crippen molar-refractivity contribution in [3.8, 4) is 11.4 Å². The van der Waals surface area contributed by atoms with Crippen LogP contribution in [0.4, 0.5) is 36.6 Å². The summed E-state index contributed by atoms with van der Waals surface area (Å²) in [6.07, 6.45) is -6.95. The highest BCUT2D eigenvalue weighted by molar-refractivity contribution is 5.91. The molecule has 31 heavy (non-hydrogen) atoms. The first-order valence-electron chi connectivity index (χ1n) is 8.41. The molecule has 0 aliphatic carbocycles. The number of halogens is 7. The highest BCUT2D eigenvalue weighted by Gasteiger charge is 2.37. The summed E-state index contributed by atoms with van der Waals surface area (Å²) in [6.45, 7) is -1.85. The minimum absolute atomic E-state index is 0.147. The lowest BCUT2D eigenvalue weighted by Crippen LogP contribution is -2.45. The van der Waals surface area contributed by atoms with Crippen molar-refractivity contribution in [1.82, 2.24) is 30.2 Å². The summed E-state index contributed by atoms with van der Waals surface area (Å²) in [4.78, 5) is 30.0. The Hall–Kier alpha value is -3.52. The fourth-order valence-corrected chi connectivity index (χ4v) is 2.56. The van der Waals surface area contributed by atoms with Crippen molar-refractivity contribution in [1.29, 1.82) is 0 Å². The SMILES string of the molecule is O=C(NCC(F)(F)F)C(CC(F)(F)F)Nc1nc(-c2c[nH]c3ncncc23)ncc1F. The van der Waals surface area contributed by atoms with E-state index in [0.29, 0.717) is 17.2 Å². The molecule has 0 aliphatic heterocycles. The Kier molecular flexibility index (Phi) is 5.94. The van der Waals surface area contributed by atoms with E-state index in [9.17, 15) is 35.5 Å². The lowest BCUT2D eigenvalue weighted by atomic mass is 10.1. The summed E-state index contributed by atoms with van der Waals surface area (Å²) >= 11 is 0. The highest BCUT2D eigenvalue weighted by Crippen LogP contribution is 2.27. The molecule has 3 N–H and O–H groups in total. The maximum Gasteiger partial charge on any atom is 0.405 e. The van der Waals surface area contributed by atoms with Gasteiger partial charge in [-0.05, 0) is 0 Å². The minimum atomic E-state index is -4.94. The van der Waals surface area contributed by atoms with Crippen LogP contribution in [0.1, 0.15) is 6.42 Å². The van der Waals surface area contributed by atoms with E-state index in [0.717, 1.165) is 0 Å². The van der Waals surface area contributed by atoms with E-state index >= 15 is 0 Å². The highest BCUT2D eigenvalue weighted by atomic mass is 19.4. The van der Waals surface area contributed by atoms with Crippen LogP contribution in [0.15, 0.2) is 24.9 Å². The van der Waals surface area contributed by atoms with Crippen LogP contribution in [-0.4, -0.2) is 55.8 Å². The number of hydrogen-bond acceptors (Lipinski definition) is 6. The lowest BCUT2D eigenvalue weighted by molar-refractivity contribution is -0.150. The first kappa shape index (κ1) is 22.2. The van der Waals surface area contributed by atoms with E-state index in [2.05, 4.69) is 24.9 Å². The lowest BCUT2D eigenvalue weighted by Gasteiger charge is -2.21. The van der Waals surface area contributed by atoms with Gasteiger partial charge in [0.25, 0.3) is 0 Å². The maximum absolute atomic E-state index is 14.1. The number of aromatic amines is 1. The number of rotatable bonds is 6. The predicted octanol–water partition coefficient (Wildman–Crippen LogP) is 2.97. The summed E-state index contributed by atoms with van der Waals surface area (Å²) in [6, 6.07) is -2.27. The van der Waals surface area contributed by atoms with Crippen LogP contribution in [0.25, 0.3) is 22.4 Å². The largest absolute Gasteiger partial charge is 0.405 e. The molecule has 0 saturated carbocycles. The predicted molar refractivity (Wildman–Crippen MR) is 92.0 cm³/mol. The molecule has 0 radical (unpaired) electrons. The third kappa shape index (κ3) is 5.76. The van der Waals surface area contributed by atoms with Crippen molar-refractivity contribution in [2.75, 3.05) is 11.9 Å². The average molecular weight is 451 g/mol. The van der Waals surface area contributed by atoms with Crippen LogP contribution < -0.4 is 10.6 Å². The van der Waals surface area contributed by atoms with Crippen molar-refractivity contribution in [2.45, 2.75) is 24.8 Å². The third-order valence-electron chi connectivity index (χ3n) is 3.87. The molecule has 1 amide bonds. The van der Waals surface area contributed by atoms with Gasteiger partial charge in [0.15, 0.2) is 17.5 Å². The fourth-order valence-electron chi connectivity index (χ4n) is 2.56. The zero-order valence-corrected chi connectivity index (χ0v) is 15.1. The monoisotopic (exact) mass is 451 g/mol. The summed E-state index contributed by atoms with van der Waals surface area (Å²) in [5.41, 5.74) is 0.668. The second-order valence-corrected chi connectivity index (χ2v) is 6.23. The molecule has 3 rings (SSSR count). The molecule has 0 saturated heterocycles. The molecule has 3 heterocycles. The summed E-state index contributed by atoms with van der Waals surface area (Å²) < 4.78 is 89.5. The standard InChI is InChI=1S/C16H12F7N7O/c17-9-4-26-12(8-3-25-11-7(8)2-24-6-28-11)30-13(9)29-10(1-15(18,19)20)14(31)27-5-16(21,22)23/h2-4,6,10H,1,5H2,(H,27,31)(H,24,25,28)(H,26,29,30). The number of hydrogen-bond donors (Lipinski definition) is 3. The zero-order valence-electron chi connectivity index (χ0n) is 15.1. The fraction of sp³-hybridized carbons (Fsp3) is 0.312. The number of alkyl halides is 6. The van der Waals surface area contributed by atoms with Gasteiger partial charge < -0.3 is 15.6 Å². The average Bonchev–Trinajstić information content (AvgIpc) is 3.10. The van der Waals surface area contributed by atoms with Crippen molar-refractivity contribution in [2.24, 2.45) is 0 Å². The number of anilines is 1. The number of carbonyl (C=O) groups is 1. The molecular weight excluding hydrogens is 439 g/mol. The van der Waals surface area contributed by atoms with Gasteiger partial charge in [0.1, 0.15) is 24.6 Å². The summed E-state index contributed by atoms with van der Waals surface area (Å²) in [5, 5.41) is 3.69. The molecule has 0 spiro atoms. The quantitative estimate of drug-likeness (QED) is 0.498. The Labute approximate surface area is 168 Å². The van der Waals surface area contributed by atoms with Crippen molar-refractivity contribution >= 4 is 22.8 Å². The van der Waals surface area contributed by atoms with Gasteiger partial charge in [-0.3, -0.25) is 4.79 Å². The number of aromatic nitrogens is 5. The molecule has 0 bridgehead atoms. The number of H-pyrrole nitrogens is 1. The first-order chi connectivity index (χ1) is 14.4. The van der Waals surface area contributed by atoms with Crippen molar-refractivity contribution in [3.63, 3.8) is 0 Å². The normalized spacial score (nSPS) is 13.3. The van der Waals surface area contributed by atoms with Crippen LogP contribution >= 0.6 is 0 Å². The minimum Gasteiger partial charge on any atom is -0.356 e.